The van der Waals surface area contributed by atoms with Crippen LogP contribution in [0.2, 0.25) is 0 Å². The minimum atomic E-state index is -0.0839. The Hall–Kier alpha value is -1.71. The molecule has 16 heavy (non-hydrogen) atoms. The van der Waals surface area contributed by atoms with Crippen LogP contribution in [-0.2, 0) is 4.79 Å². The highest BCUT2D eigenvalue weighted by atomic mass is 16.2. The number of pyridine rings is 1. The molecule has 0 saturated carbocycles. The predicted molar refractivity (Wildman–Crippen MR) is 64.2 cm³/mol. The molecule has 0 fully saturated rings. The van der Waals surface area contributed by atoms with E-state index < -0.39 is 0 Å². The van der Waals surface area contributed by atoms with Crippen LogP contribution in [0.4, 0.5) is 0 Å². The van der Waals surface area contributed by atoms with Gasteiger partial charge in [0.2, 0.25) is 5.91 Å². The largest absolute Gasteiger partial charge is 0.273 e. The number of nitrogens with one attached hydrogen (secondary N) is 1. The van der Waals surface area contributed by atoms with Crippen LogP contribution in [0.3, 0.4) is 0 Å². The van der Waals surface area contributed by atoms with Crippen molar-refractivity contribution in [2.75, 3.05) is 0 Å². The average molecular weight is 219 g/mol. The summed E-state index contributed by atoms with van der Waals surface area (Å²) in [5.41, 5.74) is 5.14. The molecule has 1 heterocycles. The van der Waals surface area contributed by atoms with Crippen molar-refractivity contribution in [2.45, 2.75) is 27.7 Å². The van der Waals surface area contributed by atoms with Crippen LogP contribution >= 0.6 is 0 Å². The average Bonchev–Trinajstić information content (AvgIpc) is 2.26. The number of rotatable bonds is 3. The summed E-state index contributed by atoms with van der Waals surface area (Å²) in [6.07, 6.45) is 1.75. The third kappa shape index (κ3) is 3.46. The molecule has 0 unspecified atom stereocenters. The van der Waals surface area contributed by atoms with Gasteiger partial charge in [0.25, 0.3) is 0 Å². The standard InChI is InChI=1S/C12H17N3O/c1-8(2)12(16)15-14-10(4)11-6-5-9(3)13-7-11/h5-8H,1-4H3,(H,15,16). The van der Waals surface area contributed by atoms with Crippen LogP contribution in [0.25, 0.3) is 0 Å². The smallest absolute Gasteiger partial charge is 0.242 e. The van der Waals surface area contributed by atoms with Gasteiger partial charge < -0.3 is 0 Å². The Morgan fingerprint density at radius 2 is 2.12 bits per heavy atom. The van der Waals surface area contributed by atoms with Gasteiger partial charge in [0.05, 0.1) is 5.71 Å². The van der Waals surface area contributed by atoms with Gasteiger partial charge in [-0.2, -0.15) is 5.10 Å². The molecule has 1 aromatic rings. The van der Waals surface area contributed by atoms with Crippen LogP contribution < -0.4 is 5.43 Å². The van der Waals surface area contributed by atoms with E-state index in [1.165, 1.54) is 0 Å². The summed E-state index contributed by atoms with van der Waals surface area (Å²) >= 11 is 0. The number of aromatic nitrogens is 1. The van der Waals surface area contributed by atoms with E-state index in [0.717, 1.165) is 17.0 Å². The number of aryl methyl sites for hydroxylation is 1. The normalized spacial score (nSPS) is 11.7. The Balaban J connectivity index is 2.70. The van der Waals surface area contributed by atoms with Crippen molar-refractivity contribution in [1.82, 2.24) is 10.4 Å². The Labute approximate surface area is 95.8 Å². The van der Waals surface area contributed by atoms with E-state index in [2.05, 4.69) is 15.5 Å². The molecule has 0 aliphatic heterocycles. The molecule has 4 nitrogen and oxygen atoms in total. The number of nitrogens with zero attached hydrogens (tertiary/aromatic N) is 2. The molecule has 0 radical (unpaired) electrons. The third-order valence-corrected chi connectivity index (χ3v) is 2.19. The van der Waals surface area contributed by atoms with Gasteiger partial charge in [0.15, 0.2) is 0 Å². The van der Waals surface area contributed by atoms with E-state index in [1.807, 2.05) is 39.8 Å². The van der Waals surface area contributed by atoms with Crippen molar-refractivity contribution in [2.24, 2.45) is 11.0 Å². The second kappa shape index (κ2) is 5.39. The van der Waals surface area contributed by atoms with Crippen LogP contribution in [0.1, 0.15) is 32.0 Å². The van der Waals surface area contributed by atoms with E-state index >= 15 is 0 Å². The van der Waals surface area contributed by atoms with Crippen LogP contribution in [0.5, 0.6) is 0 Å². The molecule has 1 aromatic heterocycles. The van der Waals surface area contributed by atoms with Crippen molar-refractivity contribution in [3.63, 3.8) is 0 Å². The molecule has 0 aliphatic rings. The second-order valence-electron chi connectivity index (χ2n) is 4.02. The molecule has 0 bridgehead atoms. The lowest BCUT2D eigenvalue weighted by Gasteiger charge is -2.04. The Kier molecular flexibility index (Phi) is 4.17. The molecule has 0 aromatic carbocycles. The highest BCUT2D eigenvalue weighted by molar-refractivity contribution is 5.99. The van der Waals surface area contributed by atoms with Crippen molar-refractivity contribution in [3.05, 3.63) is 29.6 Å². The zero-order valence-corrected chi connectivity index (χ0v) is 10.1. The minimum Gasteiger partial charge on any atom is -0.273 e. The summed E-state index contributed by atoms with van der Waals surface area (Å²) in [5.74, 6) is -0.146. The molecule has 0 spiro atoms. The maximum atomic E-state index is 11.3. The van der Waals surface area contributed by atoms with E-state index in [4.69, 9.17) is 0 Å². The number of hydrogen-bond donors (Lipinski definition) is 1. The number of hydrogen-bond acceptors (Lipinski definition) is 3. The first-order valence-electron chi connectivity index (χ1n) is 5.28. The van der Waals surface area contributed by atoms with Crippen molar-refractivity contribution < 1.29 is 4.79 Å². The molecule has 1 rings (SSSR count). The Morgan fingerprint density at radius 3 is 2.62 bits per heavy atom. The van der Waals surface area contributed by atoms with Gasteiger partial charge in [0.1, 0.15) is 0 Å². The van der Waals surface area contributed by atoms with Crippen molar-refractivity contribution in [1.29, 1.82) is 0 Å². The topological polar surface area (TPSA) is 54.4 Å². The number of carbonyl (C=O) groups is 1. The van der Waals surface area contributed by atoms with Crippen molar-refractivity contribution in [3.8, 4) is 0 Å². The number of hydrazone groups is 1. The Morgan fingerprint density at radius 1 is 1.44 bits per heavy atom. The fraction of sp³-hybridized carbons (Fsp3) is 0.417. The van der Waals surface area contributed by atoms with Gasteiger partial charge in [-0.05, 0) is 26.0 Å². The SMILES string of the molecule is CC(=NNC(=O)C(C)C)c1ccc(C)nc1. The summed E-state index contributed by atoms with van der Waals surface area (Å²) in [5, 5.41) is 4.02. The molecule has 0 saturated heterocycles. The quantitative estimate of drug-likeness (QED) is 0.623. The maximum Gasteiger partial charge on any atom is 0.242 e. The van der Waals surface area contributed by atoms with Crippen LogP contribution in [0, 0.1) is 12.8 Å². The highest BCUT2D eigenvalue weighted by Crippen LogP contribution is 2.01. The summed E-state index contributed by atoms with van der Waals surface area (Å²) in [7, 11) is 0. The molecule has 0 aliphatic carbocycles. The number of carbonyl (C=O) groups excluding carboxylic acids is 1. The second-order valence-corrected chi connectivity index (χ2v) is 4.02. The molecule has 4 heteroatoms. The summed E-state index contributed by atoms with van der Waals surface area (Å²) < 4.78 is 0. The first-order valence-corrected chi connectivity index (χ1v) is 5.28. The fourth-order valence-electron chi connectivity index (χ4n) is 1.01. The molecular formula is C12H17N3O. The van der Waals surface area contributed by atoms with E-state index in [0.29, 0.717) is 0 Å². The van der Waals surface area contributed by atoms with Gasteiger partial charge in [0, 0.05) is 23.4 Å². The first kappa shape index (κ1) is 12.4. The van der Waals surface area contributed by atoms with Gasteiger partial charge in [-0.1, -0.05) is 13.8 Å². The molecule has 1 amide bonds. The lowest BCUT2D eigenvalue weighted by molar-refractivity contribution is -0.123. The maximum absolute atomic E-state index is 11.3. The van der Waals surface area contributed by atoms with E-state index in [1.54, 1.807) is 6.20 Å². The summed E-state index contributed by atoms with van der Waals surface area (Å²) in [6.45, 7) is 7.42. The van der Waals surface area contributed by atoms with Crippen LogP contribution in [0.15, 0.2) is 23.4 Å². The van der Waals surface area contributed by atoms with Gasteiger partial charge in [-0.25, -0.2) is 5.43 Å². The third-order valence-electron chi connectivity index (χ3n) is 2.19. The molecule has 86 valence electrons. The highest BCUT2D eigenvalue weighted by Gasteiger charge is 2.05. The fourth-order valence-corrected chi connectivity index (χ4v) is 1.01. The molecule has 0 atom stereocenters. The zero-order valence-electron chi connectivity index (χ0n) is 10.1. The zero-order chi connectivity index (χ0) is 12.1. The Bertz CT molecular complexity index is 393. The molecule has 1 N–H and O–H groups in total. The van der Waals surface area contributed by atoms with E-state index in [-0.39, 0.29) is 11.8 Å². The summed E-state index contributed by atoms with van der Waals surface area (Å²) in [4.78, 5) is 15.5. The van der Waals surface area contributed by atoms with Gasteiger partial charge in [-0.3, -0.25) is 9.78 Å². The van der Waals surface area contributed by atoms with Crippen LogP contribution in [-0.4, -0.2) is 16.6 Å². The molecular weight excluding hydrogens is 202 g/mol. The predicted octanol–water partition coefficient (Wildman–Crippen LogP) is 1.89. The monoisotopic (exact) mass is 219 g/mol. The minimum absolute atomic E-state index is 0.0623. The summed E-state index contributed by atoms with van der Waals surface area (Å²) in [6, 6.07) is 3.85. The van der Waals surface area contributed by atoms with E-state index in [9.17, 15) is 4.79 Å². The first-order chi connectivity index (χ1) is 7.50. The lowest BCUT2D eigenvalue weighted by atomic mass is 10.2. The lowest BCUT2D eigenvalue weighted by Crippen LogP contribution is -2.24. The van der Waals surface area contributed by atoms with Gasteiger partial charge in [-0.15, -0.1) is 0 Å². The van der Waals surface area contributed by atoms with Gasteiger partial charge >= 0.3 is 0 Å². The number of amides is 1. The van der Waals surface area contributed by atoms with Crippen molar-refractivity contribution >= 4 is 11.6 Å².